The van der Waals surface area contributed by atoms with Crippen molar-refractivity contribution in [2.24, 2.45) is 5.41 Å². The van der Waals surface area contributed by atoms with Gasteiger partial charge in [0.1, 0.15) is 17.1 Å². The van der Waals surface area contributed by atoms with Crippen molar-refractivity contribution in [1.29, 1.82) is 0 Å². The molecule has 9 rings (SSSR count). The van der Waals surface area contributed by atoms with E-state index in [2.05, 4.69) is 65.6 Å². The molecular weight excluding hydrogens is 863 g/mol. The monoisotopic (exact) mass is 923 g/mol. The Labute approximate surface area is 396 Å². The van der Waals surface area contributed by atoms with Gasteiger partial charge in [-0.2, -0.15) is 0 Å². The number of aromatic nitrogens is 5. The number of pyridine rings is 2. The fraction of sp³-hybridized carbons (Fsp3) is 0.431. The number of piperazine rings is 1. The molecule has 17 nitrogen and oxygen atoms in total. The highest BCUT2D eigenvalue weighted by molar-refractivity contribution is 6.06. The molecule has 5 aromatic rings. The number of ether oxygens (including phenoxy) is 1. The first-order valence-corrected chi connectivity index (χ1v) is 23.5. The molecule has 4 aliphatic rings. The number of rotatable bonds is 13. The number of carbonyl (C=O) groups excluding carboxylic acids is 3. The molecule has 68 heavy (non-hydrogen) atoms. The summed E-state index contributed by atoms with van der Waals surface area (Å²) >= 11 is 0. The maximum atomic E-state index is 14.1. The first-order valence-electron chi connectivity index (χ1n) is 23.5. The maximum Gasteiger partial charge on any atom is 0.276 e. The zero-order chi connectivity index (χ0) is 47.9. The van der Waals surface area contributed by atoms with Crippen molar-refractivity contribution in [2.45, 2.75) is 91.1 Å². The van der Waals surface area contributed by atoms with Crippen LogP contribution in [0.5, 0.6) is 5.88 Å². The lowest BCUT2D eigenvalue weighted by molar-refractivity contribution is -0.121. The van der Waals surface area contributed by atoms with E-state index >= 15 is 0 Å². The van der Waals surface area contributed by atoms with E-state index in [1.807, 2.05) is 36.4 Å². The minimum absolute atomic E-state index is 0.151. The number of fused-ring (bicyclic) bond motifs is 3. The molecule has 4 N–H and O–H groups in total. The lowest BCUT2D eigenvalue weighted by Gasteiger charge is -2.47. The highest BCUT2D eigenvalue weighted by atomic mass is 16.5. The fourth-order valence-electron chi connectivity index (χ4n) is 10.5. The van der Waals surface area contributed by atoms with E-state index in [4.69, 9.17) is 9.72 Å². The van der Waals surface area contributed by atoms with E-state index < -0.39 is 11.5 Å². The molecule has 7 heterocycles. The summed E-state index contributed by atoms with van der Waals surface area (Å²) in [5.41, 5.74) is 7.81. The van der Waals surface area contributed by atoms with E-state index in [0.717, 1.165) is 75.3 Å². The third-order valence-electron chi connectivity index (χ3n) is 13.9. The number of aliphatic hydroxyl groups is 2. The summed E-state index contributed by atoms with van der Waals surface area (Å²) < 4.78 is 7.82. The number of aliphatic hydroxyl groups excluding tert-OH is 1. The van der Waals surface area contributed by atoms with Crippen molar-refractivity contribution in [2.75, 3.05) is 66.4 Å². The summed E-state index contributed by atoms with van der Waals surface area (Å²) in [7, 11) is 1.51. The van der Waals surface area contributed by atoms with E-state index in [0.29, 0.717) is 71.1 Å². The Hall–Kier alpha value is -6.69. The van der Waals surface area contributed by atoms with Gasteiger partial charge in [-0.15, -0.1) is 0 Å². The summed E-state index contributed by atoms with van der Waals surface area (Å²) in [4.78, 5) is 65.2. The van der Waals surface area contributed by atoms with Crippen LogP contribution in [0, 0.1) is 5.41 Å². The number of imide groups is 1. The maximum absolute atomic E-state index is 14.1. The molecule has 17 heteroatoms. The lowest BCUT2D eigenvalue weighted by atomic mass is 9.90. The molecule has 2 saturated heterocycles. The van der Waals surface area contributed by atoms with Gasteiger partial charge in [-0.3, -0.25) is 34.5 Å². The highest BCUT2D eigenvalue weighted by Gasteiger charge is 2.38. The normalized spacial score (nSPS) is 18.7. The number of anilines is 5. The first kappa shape index (κ1) is 46.4. The Morgan fingerprint density at radius 2 is 1.78 bits per heavy atom. The van der Waals surface area contributed by atoms with E-state index in [-0.39, 0.29) is 29.9 Å². The SMILES string of the molecule is COc1ncc(-c2ccnc(N3CCn4c(cc5c4CC(C)(C)C5)C3=O)c2CO)nc1Nc1ccc(N2CCN(C3CCN(c4ccnc(C(C)(C)O)c4)CC3)C[C@@H]2C)c(C=CC(=O)NC=O)c1. The predicted molar refractivity (Wildman–Crippen MR) is 261 cm³/mol. The number of hydrogen-bond acceptors (Lipinski definition) is 14. The fourth-order valence-corrected chi connectivity index (χ4v) is 10.5. The molecule has 2 fully saturated rings. The molecule has 4 aromatic heterocycles. The van der Waals surface area contributed by atoms with Crippen LogP contribution in [0.15, 0.2) is 67.1 Å². The number of amides is 3. The topological polar surface area (TPSA) is 194 Å². The number of methoxy groups -OCH3 is 1. The van der Waals surface area contributed by atoms with Gasteiger partial charge >= 0.3 is 0 Å². The van der Waals surface area contributed by atoms with Gasteiger partial charge in [0.2, 0.25) is 12.3 Å². The van der Waals surface area contributed by atoms with Crippen LogP contribution >= 0.6 is 0 Å². The second-order valence-electron chi connectivity index (χ2n) is 19.6. The van der Waals surface area contributed by atoms with Gasteiger partial charge in [0.15, 0.2) is 5.82 Å². The standard InChI is InChI=1S/C51H61N11O6/c1-32-29-59(36-13-17-58(18-14-36)37-11-15-52-44(25-37)51(4,5)67)19-20-60(32)41-9-8-35(23-33(41)7-10-45(65)55-31-64)56-46-48(68-6)54-28-40(57-46)38-12-16-53-47(39(38)30-63)62-22-21-61-42(49(62)66)24-34-26-50(2,3)27-43(34)61/h7-12,15-16,23-25,28,31-32,36,63,67H,13-14,17-22,26-27,29-30H2,1-6H3,(H,56,57)(H,55,64,65)/t32-/m0/s1. The molecule has 1 atom stereocenters. The Morgan fingerprint density at radius 1 is 0.985 bits per heavy atom. The molecule has 3 amide bonds. The Kier molecular flexibility index (Phi) is 12.8. The minimum atomic E-state index is -1.00. The number of nitrogens with one attached hydrogen (secondary N) is 2. The first-order chi connectivity index (χ1) is 32.6. The van der Waals surface area contributed by atoms with E-state index in [9.17, 15) is 24.6 Å². The van der Waals surface area contributed by atoms with Crippen LogP contribution in [0.1, 0.15) is 86.0 Å². The zero-order valence-electron chi connectivity index (χ0n) is 39.7. The predicted octanol–water partition coefficient (Wildman–Crippen LogP) is 5.46. The zero-order valence-corrected chi connectivity index (χ0v) is 39.7. The smallest absolute Gasteiger partial charge is 0.276 e. The van der Waals surface area contributed by atoms with E-state index in [1.54, 1.807) is 49.5 Å². The van der Waals surface area contributed by atoms with E-state index in [1.165, 1.54) is 24.4 Å². The minimum Gasteiger partial charge on any atom is -0.478 e. The third kappa shape index (κ3) is 9.29. The number of piperidine rings is 1. The van der Waals surface area contributed by atoms with Crippen LogP contribution in [-0.4, -0.2) is 116 Å². The second kappa shape index (κ2) is 18.8. The largest absolute Gasteiger partial charge is 0.478 e. The molecule has 356 valence electrons. The molecule has 3 aliphatic heterocycles. The van der Waals surface area contributed by atoms with Gasteiger partial charge in [0.25, 0.3) is 11.8 Å². The number of hydrogen-bond donors (Lipinski definition) is 4. The second-order valence-corrected chi connectivity index (χ2v) is 19.6. The summed E-state index contributed by atoms with van der Waals surface area (Å²) in [6, 6.07) is 14.3. The Morgan fingerprint density at radius 3 is 2.51 bits per heavy atom. The van der Waals surface area contributed by atoms with Crippen LogP contribution in [0.3, 0.4) is 0 Å². The molecule has 1 aromatic carbocycles. The molecule has 0 radical (unpaired) electrons. The Bertz CT molecular complexity index is 2760. The summed E-state index contributed by atoms with van der Waals surface area (Å²) in [5, 5.41) is 27.0. The van der Waals surface area contributed by atoms with Crippen molar-refractivity contribution in [3.05, 3.63) is 101 Å². The van der Waals surface area contributed by atoms with Crippen molar-refractivity contribution in [3.63, 3.8) is 0 Å². The van der Waals surface area contributed by atoms with Crippen molar-refractivity contribution >= 4 is 53.0 Å². The van der Waals surface area contributed by atoms with Crippen molar-refractivity contribution in [3.8, 4) is 17.1 Å². The molecular formula is C51H61N11O6. The number of benzene rings is 1. The van der Waals surface area contributed by atoms with Crippen molar-refractivity contribution in [1.82, 2.24) is 34.7 Å². The number of nitrogens with zero attached hydrogens (tertiary/aromatic N) is 9. The van der Waals surface area contributed by atoms with Crippen LogP contribution in [0.25, 0.3) is 17.3 Å². The third-order valence-corrected chi connectivity index (χ3v) is 13.9. The van der Waals surface area contributed by atoms with Crippen LogP contribution < -0.4 is 30.1 Å². The lowest BCUT2D eigenvalue weighted by Crippen LogP contribution is -2.57. The molecule has 0 bridgehead atoms. The molecule has 0 saturated carbocycles. The molecule has 0 spiro atoms. The summed E-state index contributed by atoms with van der Waals surface area (Å²) in [6.45, 7) is 15.2. The van der Waals surface area contributed by atoms with Crippen LogP contribution in [-0.2, 0) is 41.2 Å². The van der Waals surface area contributed by atoms with Gasteiger partial charge < -0.3 is 34.6 Å². The average Bonchev–Trinajstić information content (AvgIpc) is 3.82. The van der Waals surface area contributed by atoms with Crippen LogP contribution in [0.4, 0.5) is 28.7 Å². The highest BCUT2D eigenvalue weighted by Crippen LogP contribution is 2.41. The number of carbonyl (C=O) groups is 3. The summed E-state index contributed by atoms with van der Waals surface area (Å²) in [6.07, 6.45) is 12.3. The van der Waals surface area contributed by atoms with Gasteiger partial charge in [0, 0.05) is 116 Å². The van der Waals surface area contributed by atoms with Gasteiger partial charge in [-0.05, 0) is 106 Å². The summed E-state index contributed by atoms with van der Waals surface area (Å²) in [5.74, 6) is 0.234. The van der Waals surface area contributed by atoms with Crippen LogP contribution in [0.2, 0.25) is 0 Å². The molecule has 1 aliphatic carbocycles. The van der Waals surface area contributed by atoms with Gasteiger partial charge in [-0.25, -0.2) is 15.0 Å². The average molecular weight is 924 g/mol. The van der Waals surface area contributed by atoms with Gasteiger partial charge in [0.05, 0.1) is 31.3 Å². The van der Waals surface area contributed by atoms with Crippen molar-refractivity contribution < 1.29 is 29.3 Å². The van der Waals surface area contributed by atoms with Gasteiger partial charge in [-0.1, -0.05) is 13.8 Å². The Balaban J connectivity index is 0.931. The molecule has 0 unspecified atom stereocenters. The quantitative estimate of drug-likeness (QED) is 0.0860.